The lowest BCUT2D eigenvalue weighted by Crippen LogP contribution is -2.12. The minimum absolute atomic E-state index is 0.0518. The molecule has 0 spiro atoms. The lowest BCUT2D eigenvalue weighted by Gasteiger charge is -2.19. The molecular formula is C11H11BrO3. The van der Waals surface area contributed by atoms with E-state index in [0.717, 1.165) is 12.8 Å². The van der Waals surface area contributed by atoms with E-state index in [0.29, 0.717) is 27.8 Å². The molecule has 1 aromatic carbocycles. The Morgan fingerprint density at radius 3 is 2.87 bits per heavy atom. The molecule has 0 radical (unpaired) electrons. The highest BCUT2D eigenvalue weighted by molar-refractivity contribution is 9.10. The summed E-state index contributed by atoms with van der Waals surface area (Å²) in [5, 5.41) is 9.83. The SMILES string of the molecule is COc1cc(Br)c(O)c2c1C(=O)CCC2. The van der Waals surface area contributed by atoms with Crippen LogP contribution < -0.4 is 4.74 Å². The van der Waals surface area contributed by atoms with Crippen molar-refractivity contribution in [3.05, 3.63) is 21.7 Å². The van der Waals surface area contributed by atoms with Gasteiger partial charge in [0.05, 0.1) is 17.1 Å². The molecule has 3 nitrogen and oxygen atoms in total. The van der Waals surface area contributed by atoms with E-state index in [1.807, 2.05) is 0 Å². The summed E-state index contributed by atoms with van der Waals surface area (Å²) >= 11 is 3.24. The van der Waals surface area contributed by atoms with Crippen molar-refractivity contribution in [2.45, 2.75) is 19.3 Å². The Morgan fingerprint density at radius 1 is 1.47 bits per heavy atom. The second-order valence-corrected chi connectivity index (χ2v) is 4.39. The maximum Gasteiger partial charge on any atom is 0.167 e. The molecule has 1 N–H and O–H groups in total. The van der Waals surface area contributed by atoms with Crippen LogP contribution in [0.5, 0.6) is 11.5 Å². The largest absolute Gasteiger partial charge is 0.506 e. The third kappa shape index (κ3) is 1.63. The van der Waals surface area contributed by atoms with Crippen LogP contribution in [0, 0.1) is 0 Å². The van der Waals surface area contributed by atoms with E-state index in [2.05, 4.69) is 15.9 Å². The van der Waals surface area contributed by atoms with Crippen molar-refractivity contribution in [1.29, 1.82) is 0 Å². The predicted octanol–water partition coefficient (Wildman–Crippen LogP) is 2.68. The van der Waals surface area contributed by atoms with Gasteiger partial charge in [0.2, 0.25) is 0 Å². The van der Waals surface area contributed by atoms with Crippen molar-refractivity contribution < 1.29 is 14.6 Å². The summed E-state index contributed by atoms with van der Waals surface area (Å²) in [6, 6.07) is 1.64. The summed E-state index contributed by atoms with van der Waals surface area (Å²) in [5.74, 6) is 0.758. The van der Waals surface area contributed by atoms with Gasteiger partial charge in [0, 0.05) is 12.0 Å². The van der Waals surface area contributed by atoms with E-state index in [9.17, 15) is 9.90 Å². The van der Waals surface area contributed by atoms with Crippen molar-refractivity contribution in [3.8, 4) is 11.5 Å². The van der Waals surface area contributed by atoms with E-state index >= 15 is 0 Å². The highest BCUT2D eigenvalue weighted by Gasteiger charge is 2.25. The Balaban J connectivity index is 2.70. The van der Waals surface area contributed by atoms with Crippen LogP contribution in [-0.2, 0) is 6.42 Å². The van der Waals surface area contributed by atoms with Crippen LogP contribution in [0.1, 0.15) is 28.8 Å². The molecule has 0 heterocycles. The minimum Gasteiger partial charge on any atom is -0.506 e. The van der Waals surface area contributed by atoms with Crippen LogP contribution in [0.4, 0.5) is 0 Å². The fourth-order valence-corrected chi connectivity index (χ4v) is 2.37. The van der Waals surface area contributed by atoms with E-state index in [-0.39, 0.29) is 11.5 Å². The average molecular weight is 271 g/mol. The first-order valence-electron chi connectivity index (χ1n) is 4.76. The summed E-state index contributed by atoms with van der Waals surface area (Å²) in [6.45, 7) is 0. The minimum atomic E-state index is 0.0518. The molecule has 0 fully saturated rings. The van der Waals surface area contributed by atoms with Gasteiger partial charge in [-0.25, -0.2) is 0 Å². The Kier molecular flexibility index (Phi) is 2.69. The number of rotatable bonds is 1. The Bertz CT molecular complexity index is 426. The normalized spacial score (nSPS) is 14.9. The molecule has 0 saturated carbocycles. The third-order valence-electron chi connectivity index (χ3n) is 2.65. The molecular weight excluding hydrogens is 260 g/mol. The van der Waals surface area contributed by atoms with Gasteiger partial charge in [-0.15, -0.1) is 0 Å². The van der Waals surface area contributed by atoms with Crippen molar-refractivity contribution in [2.24, 2.45) is 0 Å². The van der Waals surface area contributed by atoms with Crippen molar-refractivity contribution in [3.63, 3.8) is 0 Å². The first-order valence-corrected chi connectivity index (χ1v) is 5.56. The van der Waals surface area contributed by atoms with Crippen LogP contribution in [-0.4, -0.2) is 18.0 Å². The van der Waals surface area contributed by atoms with Gasteiger partial charge in [0.25, 0.3) is 0 Å². The highest BCUT2D eigenvalue weighted by atomic mass is 79.9. The smallest absolute Gasteiger partial charge is 0.167 e. The molecule has 0 bridgehead atoms. The number of ketones is 1. The van der Waals surface area contributed by atoms with Gasteiger partial charge in [-0.05, 0) is 34.8 Å². The van der Waals surface area contributed by atoms with Crippen LogP contribution in [0.15, 0.2) is 10.5 Å². The fourth-order valence-electron chi connectivity index (χ4n) is 1.93. The number of phenolic OH excluding ortho intramolecular Hbond substituents is 1. The summed E-state index contributed by atoms with van der Waals surface area (Å²) in [5.41, 5.74) is 1.25. The van der Waals surface area contributed by atoms with Crippen LogP contribution >= 0.6 is 15.9 Å². The van der Waals surface area contributed by atoms with Crippen molar-refractivity contribution in [2.75, 3.05) is 7.11 Å². The summed E-state index contributed by atoms with van der Waals surface area (Å²) in [4.78, 5) is 11.7. The number of ether oxygens (including phenoxy) is 1. The molecule has 0 amide bonds. The number of aromatic hydroxyl groups is 1. The van der Waals surface area contributed by atoms with Gasteiger partial charge in [-0.2, -0.15) is 0 Å². The Morgan fingerprint density at radius 2 is 2.20 bits per heavy atom. The van der Waals surface area contributed by atoms with Crippen molar-refractivity contribution >= 4 is 21.7 Å². The zero-order valence-electron chi connectivity index (χ0n) is 8.34. The number of hydrogen-bond acceptors (Lipinski definition) is 3. The van der Waals surface area contributed by atoms with Crippen LogP contribution in [0.2, 0.25) is 0 Å². The molecule has 0 aromatic heterocycles. The zero-order valence-corrected chi connectivity index (χ0v) is 9.93. The maximum atomic E-state index is 11.7. The van der Waals surface area contributed by atoms with Gasteiger partial charge < -0.3 is 9.84 Å². The van der Waals surface area contributed by atoms with E-state index in [1.54, 1.807) is 6.07 Å². The van der Waals surface area contributed by atoms with Gasteiger partial charge >= 0.3 is 0 Å². The summed E-state index contributed by atoms with van der Waals surface area (Å²) < 4.78 is 5.73. The third-order valence-corrected chi connectivity index (χ3v) is 3.25. The fraction of sp³-hybridized carbons (Fsp3) is 0.364. The van der Waals surface area contributed by atoms with Crippen LogP contribution in [0.25, 0.3) is 0 Å². The molecule has 1 aliphatic carbocycles. The quantitative estimate of drug-likeness (QED) is 0.854. The number of carbonyl (C=O) groups is 1. The average Bonchev–Trinajstić information content (AvgIpc) is 2.23. The van der Waals surface area contributed by atoms with E-state index < -0.39 is 0 Å². The first-order chi connectivity index (χ1) is 7.15. The standard InChI is InChI=1S/C11H11BrO3/c1-15-9-5-7(12)11(14)6-3-2-4-8(13)10(6)9/h5,14H,2-4H2,1H3. The number of hydrogen-bond donors (Lipinski definition) is 1. The monoisotopic (exact) mass is 270 g/mol. The van der Waals surface area contributed by atoms with Gasteiger partial charge in [0.1, 0.15) is 11.5 Å². The Labute approximate surface area is 96.2 Å². The molecule has 2 rings (SSSR count). The number of Topliss-reactive ketones (excluding diaryl/α,β-unsaturated/α-hetero) is 1. The zero-order chi connectivity index (χ0) is 11.0. The van der Waals surface area contributed by atoms with Crippen LogP contribution in [0.3, 0.4) is 0 Å². The molecule has 1 aliphatic rings. The number of methoxy groups -OCH3 is 1. The predicted molar refractivity (Wildman–Crippen MR) is 59.6 cm³/mol. The summed E-state index contributed by atoms with van der Waals surface area (Å²) in [6.07, 6.45) is 2.05. The van der Waals surface area contributed by atoms with Gasteiger partial charge in [-0.1, -0.05) is 0 Å². The summed E-state index contributed by atoms with van der Waals surface area (Å²) in [7, 11) is 1.53. The van der Waals surface area contributed by atoms with E-state index in [1.165, 1.54) is 7.11 Å². The second kappa shape index (κ2) is 3.85. The number of benzene rings is 1. The molecule has 0 saturated heterocycles. The molecule has 0 aliphatic heterocycles. The molecule has 1 aromatic rings. The topological polar surface area (TPSA) is 46.5 Å². The molecule has 0 atom stereocenters. The van der Waals surface area contributed by atoms with Gasteiger partial charge in [0.15, 0.2) is 5.78 Å². The molecule has 4 heteroatoms. The lowest BCUT2D eigenvalue weighted by atomic mass is 9.89. The number of carbonyl (C=O) groups excluding carboxylic acids is 1. The molecule has 15 heavy (non-hydrogen) atoms. The maximum absolute atomic E-state index is 11.7. The second-order valence-electron chi connectivity index (χ2n) is 3.54. The van der Waals surface area contributed by atoms with Gasteiger partial charge in [-0.3, -0.25) is 4.79 Å². The first kappa shape index (κ1) is 10.5. The van der Waals surface area contributed by atoms with Crippen molar-refractivity contribution in [1.82, 2.24) is 0 Å². The lowest BCUT2D eigenvalue weighted by molar-refractivity contribution is 0.0968. The Hall–Kier alpha value is -1.03. The molecule has 80 valence electrons. The number of fused-ring (bicyclic) bond motifs is 1. The van der Waals surface area contributed by atoms with E-state index in [4.69, 9.17) is 4.74 Å². The number of phenols is 1. The molecule has 0 unspecified atom stereocenters. The highest BCUT2D eigenvalue weighted by Crippen LogP contribution is 2.40. The number of halogens is 1.